The van der Waals surface area contributed by atoms with E-state index in [1.165, 1.54) is 5.56 Å². The minimum absolute atomic E-state index is 0.640. The van der Waals surface area contributed by atoms with Gasteiger partial charge in [-0.3, -0.25) is 9.80 Å². The fraction of sp³-hybridized carbons (Fsp3) is 0.625. The summed E-state index contributed by atoms with van der Waals surface area (Å²) in [5.74, 6) is 2.05. The third kappa shape index (κ3) is 4.03. The molecule has 1 heterocycles. The van der Waals surface area contributed by atoms with Crippen LogP contribution in [0.2, 0.25) is 0 Å². The van der Waals surface area contributed by atoms with Gasteiger partial charge in [0.1, 0.15) is 0 Å². The van der Waals surface area contributed by atoms with Crippen LogP contribution in [-0.2, 0) is 6.54 Å². The average Bonchev–Trinajstić information content (AvgIpc) is 2.56. The Kier molecular flexibility index (Phi) is 6.30. The zero-order chi connectivity index (χ0) is 15.9. The number of ether oxygens (including phenoxy) is 3. The highest BCUT2D eigenvalue weighted by atomic mass is 16.5. The summed E-state index contributed by atoms with van der Waals surface area (Å²) in [6.45, 7) is 6.84. The Bertz CT molecular complexity index is 449. The summed E-state index contributed by atoms with van der Waals surface area (Å²) in [5.41, 5.74) is 6.78. The Hall–Kier alpha value is -1.50. The molecule has 0 spiro atoms. The Balaban J connectivity index is 2.04. The van der Waals surface area contributed by atoms with Gasteiger partial charge in [-0.05, 0) is 17.7 Å². The van der Waals surface area contributed by atoms with E-state index in [0.29, 0.717) is 17.2 Å². The van der Waals surface area contributed by atoms with Crippen molar-refractivity contribution in [3.63, 3.8) is 0 Å². The summed E-state index contributed by atoms with van der Waals surface area (Å²) in [4.78, 5) is 4.85. The van der Waals surface area contributed by atoms with Gasteiger partial charge >= 0.3 is 0 Å². The van der Waals surface area contributed by atoms with Crippen LogP contribution in [0.5, 0.6) is 17.2 Å². The molecule has 124 valence electrons. The summed E-state index contributed by atoms with van der Waals surface area (Å²) in [6.07, 6.45) is 0. The number of hydrogen-bond acceptors (Lipinski definition) is 6. The summed E-state index contributed by atoms with van der Waals surface area (Å²) in [7, 11) is 4.91. The van der Waals surface area contributed by atoms with Crippen LogP contribution in [0.1, 0.15) is 5.56 Å². The molecule has 0 aromatic heterocycles. The van der Waals surface area contributed by atoms with Gasteiger partial charge in [-0.1, -0.05) is 0 Å². The molecule has 1 aliphatic heterocycles. The first kappa shape index (κ1) is 16.9. The Morgan fingerprint density at radius 1 is 0.909 bits per heavy atom. The zero-order valence-corrected chi connectivity index (χ0v) is 13.8. The fourth-order valence-corrected chi connectivity index (χ4v) is 2.84. The highest BCUT2D eigenvalue weighted by Gasteiger charge is 2.18. The first-order chi connectivity index (χ1) is 10.7. The molecule has 1 aromatic carbocycles. The predicted octanol–water partition coefficient (Wildman–Crippen LogP) is 0.789. The van der Waals surface area contributed by atoms with Crippen molar-refractivity contribution < 1.29 is 14.2 Å². The Labute approximate surface area is 132 Å². The third-order valence-corrected chi connectivity index (χ3v) is 4.04. The molecule has 0 radical (unpaired) electrons. The summed E-state index contributed by atoms with van der Waals surface area (Å²) < 4.78 is 16.2. The SMILES string of the molecule is COc1cc(CN2CCN(CCN)CC2)cc(OC)c1OC. The number of piperazine rings is 1. The maximum atomic E-state index is 5.61. The van der Waals surface area contributed by atoms with Crippen molar-refractivity contribution in [1.82, 2.24) is 9.80 Å². The highest BCUT2D eigenvalue weighted by Crippen LogP contribution is 2.38. The van der Waals surface area contributed by atoms with Crippen LogP contribution in [0, 0.1) is 0 Å². The molecule has 1 aromatic rings. The first-order valence-electron chi connectivity index (χ1n) is 7.65. The highest BCUT2D eigenvalue weighted by molar-refractivity contribution is 5.53. The molecular formula is C16H27N3O3. The molecule has 6 heteroatoms. The fourth-order valence-electron chi connectivity index (χ4n) is 2.84. The molecule has 1 saturated heterocycles. The third-order valence-electron chi connectivity index (χ3n) is 4.04. The largest absolute Gasteiger partial charge is 0.493 e. The molecule has 0 atom stereocenters. The van der Waals surface area contributed by atoms with Gasteiger partial charge in [0, 0.05) is 45.8 Å². The lowest BCUT2D eigenvalue weighted by Gasteiger charge is -2.34. The molecule has 2 N–H and O–H groups in total. The molecule has 0 amide bonds. The van der Waals surface area contributed by atoms with Gasteiger partial charge in [0.2, 0.25) is 5.75 Å². The number of hydrogen-bond donors (Lipinski definition) is 1. The maximum Gasteiger partial charge on any atom is 0.203 e. The molecule has 0 saturated carbocycles. The van der Waals surface area contributed by atoms with E-state index in [-0.39, 0.29) is 0 Å². The molecule has 2 rings (SSSR count). The molecule has 0 bridgehead atoms. The van der Waals surface area contributed by atoms with Gasteiger partial charge in [0.15, 0.2) is 11.5 Å². The Morgan fingerprint density at radius 2 is 1.45 bits per heavy atom. The van der Waals surface area contributed by atoms with Crippen LogP contribution in [0.3, 0.4) is 0 Å². The van der Waals surface area contributed by atoms with E-state index in [2.05, 4.69) is 9.80 Å². The Morgan fingerprint density at radius 3 is 1.91 bits per heavy atom. The van der Waals surface area contributed by atoms with E-state index in [1.54, 1.807) is 21.3 Å². The van der Waals surface area contributed by atoms with E-state index in [9.17, 15) is 0 Å². The van der Waals surface area contributed by atoms with Crippen molar-refractivity contribution in [3.8, 4) is 17.2 Å². The molecule has 0 aliphatic carbocycles. The summed E-state index contributed by atoms with van der Waals surface area (Å²) in [6, 6.07) is 4.04. The number of rotatable bonds is 7. The maximum absolute atomic E-state index is 5.61. The topological polar surface area (TPSA) is 60.2 Å². The van der Waals surface area contributed by atoms with Crippen molar-refractivity contribution in [2.24, 2.45) is 5.73 Å². The van der Waals surface area contributed by atoms with Crippen molar-refractivity contribution >= 4 is 0 Å². The van der Waals surface area contributed by atoms with E-state index in [0.717, 1.165) is 45.8 Å². The second-order valence-corrected chi connectivity index (χ2v) is 5.44. The lowest BCUT2D eigenvalue weighted by Crippen LogP contribution is -2.47. The van der Waals surface area contributed by atoms with E-state index < -0.39 is 0 Å². The average molecular weight is 309 g/mol. The lowest BCUT2D eigenvalue weighted by atomic mass is 10.1. The zero-order valence-electron chi connectivity index (χ0n) is 13.8. The normalized spacial score (nSPS) is 16.5. The van der Waals surface area contributed by atoms with Crippen molar-refractivity contribution in [3.05, 3.63) is 17.7 Å². The first-order valence-corrected chi connectivity index (χ1v) is 7.65. The van der Waals surface area contributed by atoms with Crippen LogP contribution < -0.4 is 19.9 Å². The molecular weight excluding hydrogens is 282 g/mol. The van der Waals surface area contributed by atoms with Crippen LogP contribution in [-0.4, -0.2) is 70.4 Å². The standard InChI is InChI=1S/C16H27N3O3/c1-20-14-10-13(11-15(21-2)16(14)22-3)12-19-8-6-18(5-4-17)7-9-19/h10-11H,4-9,12,17H2,1-3H3. The molecule has 0 unspecified atom stereocenters. The van der Waals surface area contributed by atoms with Gasteiger partial charge in [0.25, 0.3) is 0 Å². The molecule has 1 fully saturated rings. The number of nitrogens with two attached hydrogens (primary N) is 1. The van der Waals surface area contributed by atoms with E-state index >= 15 is 0 Å². The summed E-state index contributed by atoms with van der Waals surface area (Å²) >= 11 is 0. The van der Waals surface area contributed by atoms with Gasteiger partial charge in [-0.25, -0.2) is 0 Å². The second-order valence-electron chi connectivity index (χ2n) is 5.44. The van der Waals surface area contributed by atoms with Gasteiger partial charge < -0.3 is 19.9 Å². The molecule has 6 nitrogen and oxygen atoms in total. The van der Waals surface area contributed by atoms with Crippen molar-refractivity contribution in [1.29, 1.82) is 0 Å². The number of nitrogens with zero attached hydrogens (tertiary/aromatic N) is 2. The monoisotopic (exact) mass is 309 g/mol. The van der Waals surface area contributed by atoms with Crippen LogP contribution in [0.25, 0.3) is 0 Å². The second kappa shape index (κ2) is 8.22. The predicted molar refractivity (Wildman–Crippen MR) is 86.9 cm³/mol. The number of benzene rings is 1. The minimum atomic E-state index is 0.640. The molecule has 1 aliphatic rings. The van der Waals surface area contributed by atoms with Gasteiger partial charge in [0.05, 0.1) is 21.3 Å². The number of methoxy groups -OCH3 is 3. The van der Waals surface area contributed by atoms with Crippen LogP contribution in [0.15, 0.2) is 12.1 Å². The molecule has 22 heavy (non-hydrogen) atoms. The van der Waals surface area contributed by atoms with E-state index in [1.807, 2.05) is 12.1 Å². The van der Waals surface area contributed by atoms with Gasteiger partial charge in [-0.15, -0.1) is 0 Å². The van der Waals surface area contributed by atoms with Crippen molar-refractivity contribution in [2.45, 2.75) is 6.54 Å². The van der Waals surface area contributed by atoms with Crippen LogP contribution >= 0.6 is 0 Å². The van der Waals surface area contributed by atoms with Crippen LogP contribution in [0.4, 0.5) is 0 Å². The summed E-state index contributed by atoms with van der Waals surface area (Å²) in [5, 5.41) is 0. The quantitative estimate of drug-likeness (QED) is 0.803. The van der Waals surface area contributed by atoms with E-state index in [4.69, 9.17) is 19.9 Å². The lowest BCUT2D eigenvalue weighted by molar-refractivity contribution is 0.129. The van der Waals surface area contributed by atoms with Crippen molar-refractivity contribution in [2.75, 3.05) is 60.6 Å². The smallest absolute Gasteiger partial charge is 0.203 e. The van der Waals surface area contributed by atoms with Gasteiger partial charge in [-0.2, -0.15) is 0 Å². The minimum Gasteiger partial charge on any atom is -0.493 e.